The molecule has 0 saturated carbocycles. The van der Waals surface area contributed by atoms with Gasteiger partial charge >= 0.3 is 13.6 Å². The van der Waals surface area contributed by atoms with Crippen molar-refractivity contribution in [2.75, 3.05) is 0 Å². The number of aliphatic carboxylic acids is 1. The second kappa shape index (κ2) is 3.32. The Balaban J connectivity index is 4.38. The fraction of sp³-hybridized carbons (Fsp3) is 0.750. The molecular formula is C4H10NO5P. The zero-order chi connectivity index (χ0) is 9.23. The van der Waals surface area contributed by atoms with Crippen molar-refractivity contribution in [2.24, 2.45) is 5.73 Å². The fourth-order valence-corrected chi connectivity index (χ4v) is 0.962. The summed E-state index contributed by atoms with van der Waals surface area (Å²) in [5.41, 5.74) is 3.61. The maximum atomic E-state index is 10.4. The first-order valence-corrected chi connectivity index (χ1v) is 4.48. The summed E-state index contributed by atoms with van der Waals surface area (Å²) in [6.45, 7) is 1.10. The van der Waals surface area contributed by atoms with Gasteiger partial charge in [0, 0.05) is 0 Å². The Bertz CT molecular complexity index is 199. The topological polar surface area (TPSA) is 121 Å². The Morgan fingerprint density at radius 1 is 1.55 bits per heavy atom. The molecule has 0 aliphatic carbocycles. The van der Waals surface area contributed by atoms with Gasteiger partial charge in [0.25, 0.3) is 0 Å². The van der Waals surface area contributed by atoms with Gasteiger partial charge in [0.1, 0.15) is 6.04 Å². The highest BCUT2D eigenvalue weighted by Gasteiger charge is 2.33. The summed E-state index contributed by atoms with van der Waals surface area (Å²) in [5.74, 6) is -1.42. The molecule has 0 spiro atoms. The summed E-state index contributed by atoms with van der Waals surface area (Å²) in [6, 6.07) is -1.52. The summed E-state index contributed by atoms with van der Waals surface area (Å²) < 4.78 is 10.4. The third-order valence-corrected chi connectivity index (χ3v) is 2.72. The quantitative estimate of drug-likeness (QED) is 0.415. The molecule has 0 amide bonds. The van der Waals surface area contributed by atoms with Crippen molar-refractivity contribution in [3.8, 4) is 0 Å². The maximum Gasteiger partial charge on any atom is 0.330 e. The molecule has 0 aromatic rings. The van der Waals surface area contributed by atoms with Crippen molar-refractivity contribution in [1.29, 1.82) is 0 Å². The minimum Gasteiger partial charge on any atom is -0.480 e. The van der Waals surface area contributed by atoms with Crippen molar-refractivity contribution in [1.82, 2.24) is 0 Å². The Labute approximate surface area is 63.2 Å². The Morgan fingerprint density at radius 3 is 2.00 bits per heavy atom. The van der Waals surface area contributed by atoms with Crippen molar-refractivity contribution < 1.29 is 24.3 Å². The van der Waals surface area contributed by atoms with E-state index >= 15 is 0 Å². The Kier molecular flexibility index (Phi) is 3.19. The van der Waals surface area contributed by atoms with Gasteiger partial charge in [-0.15, -0.1) is 0 Å². The summed E-state index contributed by atoms with van der Waals surface area (Å²) >= 11 is 0. The molecule has 6 nitrogen and oxygen atoms in total. The molecule has 0 aromatic heterocycles. The number of carboxylic acids is 1. The van der Waals surface area contributed by atoms with Crippen molar-refractivity contribution in [3.05, 3.63) is 0 Å². The summed E-state index contributed by atoms with van der Waals surface area (Å²) in [5, 5.41) is 8.25. The number of carbonyl (C=O) groups is 1. The third-order valence-electron chi connectivity index (χ3n) is 1.34. The van der Waals surface area contributed by atoms with E-state index in [1.165, 1.54) is 0 Å². The van der Waals surface area contributed by atoms with Crippen LogP contribution in [0.2, 0.25) is 0 Å². The number of hydrogen-bond donors (Lipinski definition) is 4. The van der Waals surface area contributed by atoms with Crippen LogP contribution in [0.4, 0.5) is 0 Å². The lowest BCUT2D eigenvalue weighted by Gasteiger charge is -2.16. The lowest BCUT2D eigenvalue weighted by molar-refractivity contribution is -0.138. The maximum absolute atomic E-state index is 10.4. The smallest absolute Gasteiger partial charge is 0.330 e. The SMILES string of the molecule is CC(C(N)C(=O)O)P(=O)(O)O. The predicted molar refractivity (Wildman–Crippen MR) is 37.1 cm³/mol. The highest BCUT2D eigenvalue weighted by atomic mass is 31.2. The first-order chi connectivity index (χ1) is 4.76. The van der Waals surface area contributed by atoms with Gasteiger partial charge in [0.05, 0.1) is 5.66 Å². The van der Waals surface area contributed by atoms with E-state index in [1.54, 1.807) is 0 Å². The van der Waals surface area contributed by atoms with Crippen LogP contribution in [0.25, 0.3) is 0 Å². The van der Waals surface area contributed by atoms with E-state index in [1.807, 2.05) is 0 Å². The van der Waals surface area contributed by atoms with E-state index in [4.69, 9.17) is 20.6 Å². The molecule has 0 rings (SSSR count). The molecule has 0 fully saturated rings. The minimum absolute atomic E-state index is 1.10. The Hall–Kier alpha value is -0.420. The van der Waals surface area contributed by atoms with Crippen LogP contribution in [-0.4, -0.2) is 32.6 Å². The second-order valence-electron chi connectivity index (χ2n) is 2.19. The van der Waals surface area contributed by atoms with Gasteiger partial charge in [0.15, 0.2) is 0 Å². The molecule has 66 valence electrons. The van der Waals surface area contributed by atoms with Crippen LogP contribution in [0.5, 0.6) is 0 Å². The van der Waals surface area contributed by atoms with Crippen LogP contribution in [0, 0.1) is 0 Å². The van der Waals surface area contributed by atoms with E-state index in [9.17, 15) is 9.36 Å². The van der Waals surface area contributed by atoms with Gasteiger partial charge in [-0.25, -0.2) is 0 Å². The molecule has 2 atom stereocenters. The summed E-state index contributed by atoms with van der Waals surface area (Å²) in [4.78, 5) is 27.1. The lowest BCUT2D eigenvalue weighted by atomic mass is 10.2. The van der Waals surface area contributed by atoms with E-state index in [2.05, 4.69) is 0 Å². The highest BCUT2D eigenvalue weighted by molar-refractivity contribution is 7.52. The Morgan fingerprint density at radius 2 is 1.91 bits per heavy atom. The predicted octanol–water partition coefficient (Wildman–Crippen LogP) is -1.04. The average molecular weight is 183 g/mol. The first-order valence-electron chi connectivity index (χ1n) is 2.80. The molecule has 11 heavy (non-hydrogen) atoms. The monoisotopic (exact) mass is 183 g/mol. The van der Waals surface area contributed by atoms with Crippen LogP contribution in [-0.2, 0) is 9.36 Å². The van der Waals surface area contributed by atoms with Crippen molar-refractivity contribution in [2.45, 2.75) is 18.6 Å². The third kappa shape index (κ3) is 2.98. The molecule has 0 saturated heterocycles. The number of rotatable bonds is 3. The second-order valence-corrected chi connectivity index (χ2v) is 4.19. The van der Waals surface area contributed by atoms with Crippen LogP contribution >= 0.6 is 7.60 Å². The lowest BCUT2D eigenvalue weighted by Crippen LogP contribution is -2.39. The van der Waals surface area contributed by atoms with Crippen LogP contribution in [0.3, 0.4) is 0 Å². The van der Waals surface area contributed by atoms with E-state index < -0.39 is 25.3 Å². The van der Waals surface area contributed by atoms with Gasteiger partial charge in [-0.3, -0.25) is 9.36 Å². The fourth-order valence-electron chi connectivity index (χ4n) is 0.416. The summed E-state index contributed by atoms with van der Waals surface area (Å²) in [6.07, 6.45) is 0. The van der Waals surface area contributed by atoms with Crippen LogP contribution in [0.15, 0.2) is 0 Å². The normalized spacial score (nSPS) is 17.5. The number of nitrogens with two attached hydrogens (primary N) is 1. The highest BCUT2D eigenvalue weighted by Crippen LogP contribution is 2.41. The number of carboxylic acid groups (broad SMARTS) is 1. The molecule has 0 radical (unpaired) electrons. The van der Waals surface area contributed by atoms with Gasteiger partial charge < -0.3 is 20.6 Å². The molecule has 0 aliphatic heterocycles. The van der Waals surface area contributed by atoms with E-state index in [0.717, 1.165) is 6.92 Å². The average Bonchev–Trinajstić information content (AvgIpc) is 1.82. The number of hydrogen-bond acceptors (Lipinski definition) is 3. The zero-order valence-electron chi connectivity index (χ0n) is 5.84. The molecule has 0 aliphatic rings. The van der Waals surface area contributed by atoms with E-state index in [0.29, 0.717) is 0 Å². The van der Waals surface area contributed by atoms with Gasteiger partial charge in [0.2, 0.25) is 0 Å². The van der Waals surface area contributed by atoms with Crippen molar-refractivity contribution >= 4 is 13.6 Å². The molecule has 2 unspecified atom stereocenters. The van der Waals surface area contributed by atoms with Gasteiger partial charge in [-0.05, 0) is 6.92 Å². The van der Waals surface area contributed by atoms with Crippen LogP contribution in [0.1, 0.15) is 6.92 Å². The minimum atomic E-state index is -4.37. The van der Waals surface area contributed by atoms with Gasteiger partial charge in [-0.1, -0.05) is 0 Å². The molecule has 0 heterocycles. The zero-order valence-corrected chi connectivity index (χ0v) is 6.73. The molecule has 7 heteroatoms. The molecule has 0 bridgehead atoms. The molecule has 5 N–H and O–H groups in total. The summed E-state index contributed by atoms with van der Waals surface area (Å²) in [7, 11) is -4.37. The van der Waals surface area contributed by atoms with Gasteiger partial charge in [-0.2, -0.15) is 0 Å². The largest absolute Gasteiger partial charge is 0.480 e. The van der Waals surface area contributed by atoms with E-state index in [-0.39, 0.29) is 0 Å². The van der Waals surface area contributed by atoms with Crippen LogP contribution < -0.4 is 5.73 Å². The first kappa shape index (κ1) is 10.6. The standard InChI is InChI=1S/C4H10NO5P/c1-2(11(8,9)10)3(5)4(6)7/h2-3H,5H2,1H3,(H,6,7)(H2,8,9,10). The van der Waals surface area contributed by atoms with Crippen molar-refractivity contribution in [3.63, 3.8) is 0 Å². The molecular weight excluding hydrogens is 173 g/mol. The molecule has 0 aromatic carbocycles.